The smallest absolute Gasteiger partial charge is 0.251 e. The zero-order chi connectivity index (χ0) is 15.9. The molecule has 1 aromatic heterocycles. The summed E-state index contributed by atoms with van der Waals surface area (Å²) in [4.78, 5) is 36.8. The number of nitrogens with zero attached hydrogens (tertiary/aromatic N) is 1. The van der Waals surface area contributed by atoms with Gasteiger partial charge in [0.2, 0.25) is 0 Å². The lowest BCUT2D eigenvalue weighted by molar-refractivity contribution is -0.123. The number of rotatable bonds is 6. The molecule has 0 radical (unpaired) electrons. The van der Waals surface area contributed by atoms with Gasteiger partial charge in [0, 0.05) is 24.4 Å². The Morgan fingerprint density at radius 3 is 2.41 bits per heavy atom. The molecule has 6 nitrogen and oxygen atoms in total. The number of amides is 1. The predicted molar refractivity (Wildman–Crippen MR) is 80.6 cm³/mol. The van der Waals surface area contributed by atoms with Crippen LogP contribution in [0.4, 0.5) is 0 Å². The normalized spacial score (nSPS) is 11.7. The maximum Gasteiger partial charge on any atom is 0.251 e. The summed E-state index contributed by atoms with van der Waals surface area (Å²) in [6, 6.07) is 11.4. The Morgan fingerprint density at radius 1 is 1.09 bits per heavy atom. The SMILES string of the molecule is O=C(NCCO)[C@H](C(=O)c1ccccc1)n1ccccc1=O. The number of nitrogens with one attached hydrogen (secondary N) is 1. The molecule has 1 aromatic carbocycles. The van der Waals surface area contributed by atoms with Gasteiger partial charge in [-0.1, -0.05) is 36.4 Å². The van der Waals surface area contributed by atoms with Crippen LogP contribution in [0, 0.1) is 0 Å². The van der Waals surface area contributed by atoms with E-state index in [1.807, 2.05) is 0 Å². The molecule has 2 rings (SSSR count). The van der Waals surface area contributed by atoms with Crippen LogP contribution < -0.4 is 10.9 Å². The Hall–Kier alpha value is -2.73. The molecule has 2 aromatic rings. The molecule has 22 heavy (non-hydrogen) atoms. The highest BCUT2D eigenvalue weighted by atomic mass is 16.3. The van der Waals surface area contributed by atoms with E-state index < -0.39 is 23.3 Å². The molecule has 0 bridgehead atoms. The first-order valence-electron chi connectivity index (χ1n) is 6.80. The summed E-state index contributed by atoms with van der Waals surface area (Å²) in [6.45, 7) is -0.235. The van der Waals surface area contributed by atoms with E-state index >= 15 is 0 Å². The molecule has 2 N–H and O–H groups in total. The fourth-order valence-corrected chi connectivity index (χ4v) is 2.06. The molecular weight excluding hydrogens is 284 g/mol. The van der Waals surface area contributed by atoms with E-state index in [0.29, 0.717) is 5.56 Å². The summed E-state index contributed by atoms with van der Waals surface area (Å²) in [5.41, 5.74) is -0.113. The number of hydrogen-bond donors (Lipinski definition) is 2. The van der Waals surface area contributed by atoms with Gasteiger partial charge in [-0.25, -0.2) is 0 Å². The molecule has 1 atom stereocenters. The maximum atomic E-state index is 12.6. The Labute approximate surface area is 127 Å². The lowest BCUT2D eigenvalue weighted by atomic mass is 10.0. The summed E-state index contributed by atoms with van der Waals surface area (Å²) in [5, 5.41) is 11.2. The van der Waals surface area contributed by atoms with E-state index in [0.717, 1.165) is 4.57 Å². The number of aliphatic hydroxyl groups excluding tert-OH is 1. The van der Waals surface area contributed by atoms with E-state index in [-0.39, 0.29) is 13.2 Å². The maximum absolute atomic E-state index is 12.6. The molecular formula is C16H16N2O4. The molecule has 0 fully saturated rings. The second kappa shape index (κ2) is 7.33. The van der Waals surface area contributed by atoms with Gasteiger partial charge in [0.25, 0.3) is 11.5 Å². The van der Waals surface area contributed by atoms with Crippen molar-refractivity contribution >= 4 is 11.7 Å². The summed E-state index contributed by atoms with van der Waals surface area (Å²) in [7, 11) is 0. The van der Waals surface area contributed by atoms with Gasteiger partial charge in [-0.15, -0.1) is 0 Å². The minimum absolute atomic E-state index is 0.0129. The molecule has 0 saturated heterocycles. The Balaban J connectivity index is 2.42. The number of ketones is 1. The number of Topliss-reactive ketones (excluding diaryl/α,β-unsaturated/α-hetero) is 1. The molecule has 0 unspecified atom stereocenters. The van der Waals surface area contributed by atoms with Crippen molar-refractivity contribution < 1.29 is 14.7 Å². The third-order valence-electron chi connectivity index (χ3n) is 3.10. The van der Waals surface area contributed by atoms with Gasteiger partial charge in [0.15, 0.2) is 11.8 Å². The van der Waals surface area contributed by atoms with Crippen molar-refractivity contribution in [2.24, 2.45) is 0 Å². The predicted octanol–water partition coefficient (Wildman–Crippen LogP) is 0.381. The summed E-state index contributed by atoms with van der Waals surface area (Å²) >= 11 is 0. The fourth-order valence-electron chi connectivity index (χ4n) is 2.06. The number of carbonyl (C=O) groups is 2. The third-order valence-corrected chi connectivity index (χ3v) is 3.10. The fraction of sp³-hybridized carbons (Fsp3) is 0.188. The number of hydrogen-bond acceptors (Lipinski definition) is 4. The van der Waals surface area contributed by atoms with E-state index in [1.54, 1.807) is 36.4 Å². The Bertz CT molecular complexity index is 709. The van der Waals surface area contributed by atoms with Gasteiger partial charge in [-0.05, 0) is 6.07 Å². The van der Waals surface area contributed by atoms with Crippen LogP contribution in [0.3, 0.4) is 0 Å². The summed E-state index contributed by atoms with van der Waals surface area (Å²) in [5.74, 6) is -1.11. The van der Waals surface area contributed by atoms with Crippen molar-refractivity contribution in [3.8, 4) is 0 Å². The minimum atomic E-state index is -1.30. The van der Waals surface area contributed by atoms with Gasteiger partial charge >= 0.3 is 0 Å². The highest BCUT2D eigenvalue weighted by molar-refractivity contribution is 6.11. The average Bonchev–Trinajstić information content (AvgIpc) is 2.55. The van der Waals surface area contributed by atoms with Crippen LogP contribution in [0.1, 0.15) is 16.4 Å². The van der Waals surface area contributed by atoms with Crippen molar-refractivity contribution in [3.63, 3.8) is 0 Å². The van der Waals surface area contributed by atoms with Crippen LogP contribution in [-0.2, 0) is 4.79 Å². The molecule has 0 aliphatic carbocycles. The Morgan fingerprint density at radius 2 is 1.77 bits per heavy atom. The molecule has 1 heterocycles. The van der Waals surface area contributed by atoms with Gasteiger partial charge in [0.05, 0.1) is 6.61 Å². The van der Waals surface area contributed by atoms with E-state index in [1.165, 1.54) is 18.3 Å². The van der Waals surface area contributed by atoms with Crippen LogP contribution in [-0.4, -0.2) is 34.5 Å². The molecule has 1 amide bonds. The first-order chi connectivity index (χ1) is 10.6. The lowest BCUT2D eigenvalue weighted by Crippen LogP contribution is -2.42. The summed E-state index contributed by atoms with van der Waals surface area (Å²) < 4.78 is 1.09. The molecule has 114 valence electrons. The number of aliphatic hydroxyl groups is 1. The second-order valence-corrected chi connectivity index (χ2v) is 4.59. The van der Waals surface area contributed by atoms with E-state index in [2.05, 4.69) is 5.32 Å². The average molecular weight is 300 g/mol. The number of aromatic nitrogens is 1. The molecule has 0 aliphatic rings. The van der Waals surface area contributed by atoms with Gasteiger partial charge in [-0.2, -0.15) is 0 Å². The first kappa shape index (κ1) is 15.7. The highest BCUT2D eigenvalue weighted by Gasteiger charge is 2.29. The first-order valence-corrected chi connectivity index (χ1v) is 6.80. The quantitative estimate of drug-likeness (QED) is 0.596. The zero-order valence-corrected chi connectivity index (χ0v) is 11.8. The van der Waals surface area contributed by atoms with Crippen LogP contribution in [0.15, 0.2) is 59.5 Å². The van der Waals surface area contributed by atoms with Crippen molar-refractivity contribution in [2.45, 2.75) is 6.04 Å². The van der Waals surface area contributed by atoms with Gasteiger partial charge < -0.3 is 10.4 Å². The van der Waals surface area contributed by atoms with E-state index in [9.17, 15) is 14.4 Å². The minimum Gasteiger partial charge on any atom is -0.395 e. The van der Waals surface area contributed by atoms with Crippen LogP contribution in [0.2, 0.25) is 0 Å². The van der Waals surface area contributed by atoms with Crippen molar-refractivity contribution in [1.82, 2.24) is 9.88 Å². The standard InChI is InChI=1S/C16H16N2O4/c19-11-9-17-16(22)14(18-10-5-4-8-13(18)20)15(21)12-6-2-1-3-7-12/h1-8,10,14,19H,9,11H2,(H,17,22)/t14-/m0/s1. The largest absolute Gasteiger partial charge is 0.395 e. The summed E-state index contributed by atoms with van der Waals surface area (Å²) in [6.07, 6.45) is 1.40. The van der Waals surface area contributed by atoms with Crippen LogP contribution in [0.25, 0.3) is 0 Å². The van der Waals surface area contributed by atoms with Gasteiger partial charge in [-0.3, -0.25) is 19.0 Å². The van der Waals surface area contributed by atoms with Crippen LogP contribution >= 0.6 is 0 Å². The Kier molecular flexibility index (Phi) is 5.21. The monoisotopic (exact) mass is 300 g/mol. The van der Waals surface area contributed by atoms with Crippen molar-refractivity contribution in [3.05, 3.63) is 70.6 Å². The number of pyridine rings is 1. The van der Waals surface area contributed by atoms with Gasteiger partial charge in [0.1, 0.15) is 0 Å². The van der Waals surface area contributed by atoms with Crippen molar-refractivity contribution in [2.75, 3.05) is 13.2 Å². The van der Waals surface area contributed by atoms with Crippen LogP contribution in [0.5, 0.6) is 0 Å². The topological polar surface area (TPSA) is 88.4 Å². The van der Waals surface area contributed by atoms with E-state index in [4.69, 9.17) is 5.11 Å². The second-order valence-electron chi connectivity index (χ2n) is 4.59. The highest BCUT2D eigenvalue weighted by Crippen LogP contribution is 2.13. The number of carbonyl (C=O) groups excluding carboxylic acids is 2. The number of benzene rings is 1. The zero-order valence-electron chi connectivity index (χ0n) is 11.8. The molecule has 0 saturated carbocycles. The lowest BCUT2D eigenvalue weighted by Gasteiger charge is -2.18. The molecule has 0 spiro atoms. The third kappa shape index (κ3) is 3.48. The molecule has 6 heteroatoms. The molecule has 0 aliphatic heterocycles. The van der Waals surface area contributed by atoms with Crippen molar-refractivity contribution in [1.29, 1.82) is 0 Å².